The van der Waals surface area contributed by atoms with Gasteiger partial charge in [-0.15, -0.1) is 0 Å². The topological polar surface area (TPSA) is 60.9 Å². The minimum Gasteiger partial charge on any atom is -0.396 e. The molecule has 0 unspecified atom stereocenters. The van der Waals surface area contributed by atoms with Crippen LogP contribution in [0.4, 0.5) is 4.39 Å². The van der Waals surface area contributed by atoms with Gasteiger partial charge >= 0.3 is 0 Å². The molecule has 1 fully saturated rings. The summed E-state index contributed by atoms with van der Waals surface area (Å²) in [6.45, 7) is 5.06. The van der Waals surface area contributed by atoms with E-state index < -0.39 is 15.8 Å². The lowest BCUT2D eigenvalue weighted by Gasteiger charge is -2.34. The first kappa shape index (κ1) is 18.3. The summed E-state index contributed by atoms with van der Waals surface area (Å²) in [7, 11) is -3.63. The maximum Gasteiger partial charge on any atom is 0.243 e. The number of piperazine rings is 1. The first-order valence-electron chi connectivity index (χ1n) is 8.04. The monoisotopic (exact) mass is 344 g/mol. The van der Waals surface area contributed by atoms with Crippen LogP contribution in [0.25, 0.3) is 0 Å². The zero-order chi connectivity index (χ0) is 16.9. The Morgan fingerprint density at radius 2 is 1.78 bits per heavy atom. The highest BCUT2D eigenvalue weighted by Gasteiger charge is 2.28. The molecule has 1 aromatic carbocycles. The van der Waals surface area contributed by atoms with E-state index in [4.69, 9.17) is 5.11 Å². The lowest BCUT2D eigenvalue weighted by atomic mass is 10.2. The summed E-state index contributed by atoms with van der Waals surface area (Å²) in [5.74, 6) is -0.522. The van der Waals surface area contributed by atoms with Gasteiger partial charge in [-0.1, -0.05) is 0 Å². The van der Waals surface area contributed by atoms with Crippen molar-refractivity contribution in [2.45, 2.75) is 31.1 Å². The zero-order valence-electron chi connectivity index (χ0n) is 13.5. The number of hydrogen-bond donors (Lipinski definition) is 1. The molecule has 0 aliphatic carbocycles. The summed E-state index contributed by atoms with van der Waals surface area (Å²) in [5, 5.41) is 8.76. The molecular weight excluding hydrogens is 319 g/mol. The van der Waals surface area contributed by atoms with Crippen LogP contribution < -0.4 is 0 Å². The molecule has 1 aliphatic heterocycles. The molecule has 1 N–H and O–H groups in total. The average molecular weight is 344 g/mol. The first-order chi connectivity index (χ1) is 10.9. The molecule has 0 bridgehead atoms. The van der Waals surface area contributed by atoms with Crippen LogP contribution in [0, 0.1) is 12.7 Å². The Hall–Kier alpha value is -1.02. The van der Waals surface area contributed by atoms with Crippen LogP contribution in [0.2, 0.25) is 0 Å². The smallest absolute Gasteiger partial charge is 0.243 e. The standard InChI is InChI=1S/C16H25FN2O3S/c1-14-11-15(17)13-16(12-14)23(21,22)19-8-6-18(7-9-19)5-3-2-4-10-20/h11-13,20H,2-10H2,1H3. The van der Waals surface area contributed by atoms with Gasteiger partial charge < -0.3 is 10.0 Å². The van der Waals surface area contributed by atoms with E-state index in [1.807, 2.05) is 0 Å². The first-order valence-corrected chi connectivity index (χ1v) is 9.48. The molecule has 1 heterocycles. The summed E-state index contributed by atoms with van der Waals surface area (Å²) in [6, 6.07) is 3.92. The third kappa shape index (κ3) is 4.97. The van der Waals surface area contributed by atoms with Gasteiger partial charge in [0.25, 0.3) is 0 Å². The van der Waals surface area contributed by atoms with Crippen LogP contribution in [-0.4, -0.2) is 62.1 Å². The molecule has 5 nitrogen and oxygen atoms in total. The minimum absolute atomic E-state index is 0.0337. The number of aryl methyl sites for hydroxylation is 1. The third-order valence-electron chi connectivity index (χ3n) is 4.12. The van der Waals surface area contributed by atoms with Gasteiger partial charge in [-0.25, -0.2) is 12.8 Å². The zero-order valence-corrected chi connectivity index (χ0v) is 14.4. The van der Waals surface area contributed by atoms with Gasteiger partial charge in [-0.3, -0.25) is 0 Å². The number of aliphatic hydroxyl groups excluding tert-OH is 1. The summed E-state index contributed by atoms with van der Waals surface area (Å²) in [4.78, 5) is 2.27. The van der Waals surface area contributed by atoms with Crippen molar-refractivity contribution in [1.82, 2.24) is 9.21 Å². The Morgan fingerprint density at radius 3 is 2.39 bits per heavy atom. The van der Waals surface area contributed by atoms with E-state index in [9.17, 15) is 12.8 Å². The number of aliphatic hydroxyl groups is 1. The molecule has 130 valence electrons. The molecule has 1 aliphatic rings. The molecular formula is C16H25FN2O3S. The number of sulfonamides is 1. The van der Waals surface area contributed by atoms with E-state index in [1.54, 1.807) is 6.92 Å². The number of unbranched alkanes of at least 4 members (excludes halogenated alkanes) is 2. The number of rotatable bonds is 7. The number of benzene rings is 1. The second-order valence-corrected chi connectivity index (χ2v) is 7.93. The summed E-state index contributed by atoms with van der Waals surface area (Å²) in [5.41, 5.74) is 0.603. The molecule has 2 rings (SSSR count). The lowest BCUT2D eigenvalue weighted by Crippen LogP contribution is -2.48. The van der Waals surface area contributed by atoms with E-state index in [1.165, 1.54) is 16.4 Å². The highest BCUT2D eigenvalue weighted by atomic mass is 32.2. The molecule has 1 aromatic rings. The van der Waals surface area contributed by atoms with Crippen LogP contribution in [0.1, 0.15) is 24.8 Å². The van der Waals surface area contributed by atoms with E-state index in [-0.39, 0.29) is 11.5 Å². The minimum atomic E-state index is -3.63. The van der Waals surface area contributed by atoms with Crippen molar-refractivity contribution in [3.05, 3.63) is 29.6 Å². The van der Waals surface area contributed by atoms with Crippen molar-refractivity contribution in [3.63, 3.8) is 0 Å². The fourth-order valence-corrected chi connectivity index (χ4v) is 4.36. The predicted molar refractivity (Wildman–Crippen MR) is 87.3 cm³/mol. The van der Waals surface area contributed by atoms with Gasteiger partial charge in [0.15, 0.2) is 0 Å². The van der Waals surface area contributed by atoms with Gasteiger partial charge in [-0.05, 0) is 56.5 Å². The fraction of sp³-hybridized carbons (Fsp3) is 0.625. The van der Waals surface area contributed by atoms with E-state index in [0.29, 0.717) is 31.7 Å². The summed E-state index contributed by atoms with van der Waals surface area (Å²) < 4.78 is 40.1. The molecule has 0 spiro atoms. The molecule has 23 heavy (non-hydrogen) atoms. The van der Waals surface area contributed by atoms with Crippen molar-refractivity contribution < 1.29 is 17.9 Å². The van der Waals surface area contributed by atoms with Crippen LogP contribution in [0.3, 0.4) is 0 Å². The van der Waals surface area contributed by atoms with Gasteiger partial charge in [0, 0.05) is 32.8 Å². The Kier molecular flexibility index (Phi) is 6.52. The second kappa shape index (κ2) is 8.19. The largest absolute Gasteiger partial charge is 0.396 e. The van der Waals surface area contributed by atoms with Crippen molar-refractivity contribution in [1.29, 1.82) is 0 Å². The number of nitrogens with zero attached hydrogens (tertiary/aromatic N) is 2. The fourth-order valence-electron chi connectivity index (χ4n) is 2.82. The van der Waals surface area contributed by atoms with Gasteiger partial charge in [-0.2, -0.15) is 4.31 Å². The average Bonchev–Trinajstić information content (AvgIpc) is 2.51. The normalized spacial score (nSPS) is 17.5. The predicted octanol–water partition coefficient (Wildman–Crippen LogP) is 1.60. The summed E-state index contributed by atoms with van der Waals surface area (Å²) >= 11 is 0. The van der Waals surface area contributed by atoms with Crippen LogP contribution >= 0.6 is 0 Å². The van der Waals surface area contributed by atoms with Crippen LogP contribution in [0.5, 0.6) is 0 Å². The number of halogens is 1. The Balaban J connectivity index is 1.93. The molecule has 0 aromatic heterocycles. The maximum absolute atomic E-state index is 13.5. The van der Waals surface area contributed by atoms with E-state index in [2.05, 4.69) is 4.90 Å². The lowest BCUT2D eigenvalue weighted by molar-refractivity contribution is 0.183. The molecule has 0 saturated carbocycles. The third-order valence-corrected chi connectivity index (χ3v) is 5.99. The van der Waals surface area contributed by atoms with E-state index in [0.717, 1.165) is 31.9 Å². The second-order valence-electron chi connectivity index (χ2n) is 5.99. The molecule has 0 radical (unpaired) electrons. The van der Waals surface area contributed by atoms with E-state index >= 15 is 0 Å². The van der Waals surface area contributed by atoms with Crippen molar-refractivity contribution in [2.24, 2.45) is 0 Å². The van der Waals surface area contributed by atoms with Crippen LogP contribution in [0.15, 0.2) is 23.1 Å². The highest BCUT2D eigenvalue weighted by Crippen LogP contribution is 2.20. The Morgan fingerprint density at radius 1 is 1.09 bits per heavy atom. The molecule has 7 heteroatoms. The maximum atomic E-state index is 13.5. The number of hydrogen-bond acceptors (Lipinski definition) is 4. The van der Waals surface area contributed by atoms with Crippen molar-refractivity contribution in [2.75, 3.05) is 39.3 Å². The van der Waals surface area contributed by atoms with Gasteiger partial charge in [0.2, 0.25) is 10.0 Å². The van der Waals surface area contributed by atoms with Crippen LogP contribution in [-0.2, 0) is 10.0 Å². The molecule has 0 amide bonds. The highest BCUT2D eigenvalue weighted by molar-refractivity contribution is 7.89. The molecule has 0 atom stereocenters. The van der Waals surface area contributed by atoms with Crippen molar-refractivity contribution in [3.8, 4) is 0 Å². The van der Waals surface area contributed by atoms with Gasteiger partial charge in [0.05, 0.1) is 4.90 Å². The SMILES string of the molecule is Cc1cc(F)cc(S(=O)(=O)N2CCN(CCCCCO)CC2)c1. The van der Waals surface area contributed by atoms with Crippen molar-refractivity contribution >= 4 is 10.0 Å². The molecule has 1 saturated heterocycles. The summed E-state index contributed by atoms with van der Waals surface area (Å²) in [6.07, 6.45) is 2.81. The van der Waals surface area contributed by atoms with Gasteiger partial charge in [0.1, 0.15) is 5.82 Å². The quantitative estimate of drug-likeness (QED) is 0.764. The Labute approximate surface area is 137 Å². The Bertz CT molecular complexity index is 594.